The quantitative estimate of drug-likeness (QED) is 0.542. The van der Waals surface area contributed by atoms with Crippen LogP contribution in [0.1, 0.15) is 62.9 Å². The number of amides is 1. The van der Waals surface area contributed by atoms with Crippen molar-refractivity contribution in [2.75, 3.05) is 28.2 Å². The topological polar surface area (TPSA) is 103 Å². The van der Waals surface area contributed by atoms with Gasteiger partial charge >= 0.3 is 0 Å². The van der Waals surface area contributed by atoms with Crippen molar-refractivity contribution in [2.24, 2.45) is 0 Å². The van der Waals surface area contributed by atoms with E-state index in [4.69, 9.17) is 9.97 Å². The fourth-order valence-electron chi connectivity index (χ4n) is 4.65. The fourth-order valence-corrected chi connectivity index (χ4v) is 5.36. The monoisotopic (exact) mass is 466 g/mol. The first kappa shape index (κ1) is 21.8. The SMILES string of the molecule is CCN(C(=O)[C@@H]1CCCN1c1nc2c(c(Nc3cc(C(C)C)[nH]n3)n1)CCC2)c1nccs1. The molecule has 3 aromatic rings. The van der Waals surface area contributed by atoms with Gasteiger partial charge in [-0.15, -0.1) is 11.3 Å². The van der Waals surface area contributed by atoms with Gasteiger partial charge in [-0.1, -0.05) is 13.8 Å². The molecule has 174 valence electrons. The summed E-state index contributed by atoms with van der Waals surface area (Å²) in [5.41, 5.74) is 3.32. The van der Waals surface area contributed by atoms with Gasteiger partial charge in [-0.25, -0.2) is 9.97 Å². The lowest BCUT2D eigenvalue weighted by Crippen LogP contribution is -2.46. The van der Waals surface area contributed by atoms with E-state index in [-0.39, 0.29) is 11.9 Å². The van der Waals surface area contributed by atoms with Crippen LogP contribution in [0.2, 0.25) is 0 Å². The first-order chi connectivity index (χ1) is 16.0. The van der Waals surface area contributed by atoms with E-state index in [2.05, 4.69) is 39.2 Å². The van der Waals surface area contributed by atoms with Crippen LogP contribution >= 0.6 is 11.3 Å². The van der Waals surface area contributed by atoms with E-state index in [1.54, 1.807) is 11.1 Å². The summed E-state index contributed by atoms with van der Waals surface area (Å²) in [5, 5.41) is 13.6. The maximum atomic E-state index is 13.5. The number of fused-ring (bicyclic) bond motifs is 1. The number of thiazole rings is 1. The van der Waals surface area contributed by atoms with Crippen LogP contribution in [-0.2, 0) is 17.6 Å². The molecule has 0 bridgehead atoms. The second kappa shape index (κ2) is 9.09. The first-order valence-electron chi connectivity index (χ1n) is 11.7. The van der Waals surface area contributed by atoms with Gasteiger partial charge in [0, 0.05) is 42.0 Å². The van der Waals surface area contributed by atoms with Crippen molar-refractivity contribution in [3.63, 3.8) is 0 Å². The summed E-state index contributed by atoms with van der Waals surface area (Å²) in [5.74, 6) is 2.63. The highest BCUT2D eigenvalue weighted by atomic mass is 32.1. The van der Waals surface area contributed by atoms with Gasteiger partial charge in [0.2, 0.25) is 5.95 Å². The van der Waals surface area contributed by atoms with Gasteiger partial charge in [-0.3, -0.25) is 14.8 Å². The lowest BCUT2D eigenvalue weighted by atomic mass is 10.1. The molecule has 2 aliphatic rings. The maximum Gasteiger partial charge on any atom is 0.251 e. The number of carbonyl (C=O) groups is 1. The van der Waals surface area contributed by atoms with Gasteiger partial charge in [-0.05, 0) is 44.9 Å². The Morgan fingerprint density at radius 1 is 1.33 bits per heavy atom. The molecule has 0 radical (unpaired) electrons. The summed E-state index contributed by atoms with van der Waals surface area (Å²) in [6, 6.07) is 1.75. The molecule has 1 amide bonds. The molecular weight excluding hydrogens is 436 g/mol. The van der Waals surface area contributed by atoms with Gasteiger partial charge in [0.1, 0.15) is 11.9 Å². The lowest BCUT2D eigenvalue weighted by molar-refractivity contribution is -0.119. The summed E-state index contributed by atoms with van der Waals surface area (Å²) in [4.78, 5) is 31.5. The average Bonchev–Trinajstić information content (AvgIpc) is 3.61. The van der Waals surface area contributed by atoms with Crippen LogP contribution in [0.3, 0.4) is 0 Å². The van der Waals surface area contributed by atoms with Crippen molar-refractivity contribution in [1.29, 1.82) is 0 Å². The molecule has 1 aliphatic carbocycles. The molecule has 33 heavy (non-hydrogen) atoms. The third-order valence-electron chi connectivity index (χ3n) is 6.41. The molecule has 0 unspecified atom stereocenters. The number of H-pyrrole nitrogens is 1. The van der Waals surface area contributed by atoms with Crippen LogP contribution in [0.5, 0.6) is 0 Å². The van der Waals surface area contributed by atoms with Crippen LogP contribution in [0.25, 0.3) is 0 Å². The zero-order chi connectivity index (χ0) is 22.9. The number of hydrogen-bond donors (Lipinski definition) is 2. The number of aryl methyl sites for hydroxylation is 1. The number of aromatic nitrogens is 5. The van der Waals surface area contributed by atoms with Crippen molar-refractivity contribution in [1.82, 2.24) is 25.1 Å². The number of nitrogens with zero attached hydrogens (tertiary/aromatic N) is 6. The molecule has 9 nitrogen and oxygen atoms in total. The van der Waals surface area contributed by atoms with E-state index >= 15 is 0 Å². The van der Waals surface area contributed by atoms with Crippen LogP contribution in [0, 0.1) is 0 Å². The van der Waals surface area contributed by atoms with Gasteiger partial charge in [0.25, 0.3) is 5.91 Å². The van der Waals surface area contributed by atoms with Gasteiger partial charge in [0.15, 0.2) is 10.9 Å². The van der Waals surface area contributed by atoms with E-state index in [9.17, 15) is 4.79 Å². The minimum absolute atomic E-state index is 0.0671. The molecule has 0 saturated carbocycles. The summed E-state index contributed by atoms with van der Waals surface area (Å²) >= 11 is 1.49. The van der Waals surface area contributed by atoms with Crippen molar-refractivity contribution in [2.45, 2.75) is 64.8 Å². The zero-order valence-electron chi connectivity index (χ0n) is 19.3. The number of anilines is 4. The largest absolute Gasteiger partial charge is 0.329 e. The van der Waals surface area contributed by atoms with E-state index < -0.39 is 0 Å². The number of nitrogens with one attached hydrogen (secondary N) is 2. The highest BCUT2D eigenvalue weighted by molar-refractivity contribution is 7.13. The summed E-state index contributed by atoms with van der Waals surface area (Å²) in [6.07, 6.45) is 6.42. The predicted molar refractivity (Wildman–Crippen MR) is 131 cm³/mol. The van der Waals surface area contributed by atoms with E-state index in [1.165, 1.54) is 11.3 Å². The Morgan fingerprint density at radius 2 is 2.21 bits per heavy atom. The van der Waals surface area contributed by atoms with Crippen LogP contribution in [0.15, 0.2) is 17.6 Å². The summed E-state index contributed by atoms with van der Waals surface area (Å²) in [7, 11) is 0. The second-order valence-electron chi connectivity index (χ2n) is 8.89. The Kier molecular flexibility index (Phi) is 6.01. The standard InChI is InChI=1S/C23H30N8OS/c1-4-30(23-24-10-12-33-23)21(32)18-9-6-11-31(18)22-25-16-8-5-7-15(16)20(27-22)26-19-13-17(14(2)3)28-29-19/h10,12-14,18H,4-9,11H2,1-3H3,(H2,25,26,27,28,29)/t18-/m0/s1. The molecule has 4 heterocycles. The van der Waals surface area contributed by atoms with E-state index in [0.717, 1.165) is 72.4 Å². The minimum atomic E-state index is -0.279. The predicted octanol–water partition coefficient (Wildman–Crippen LogP) is 4.03. The summed E-state index contributed by atoms with van der Waals surface area (Å²) in [6.45, 7) is 7.61. The third-order valence-corrected chi connectivity index (χ3v) is 7.21. The number of aromatic amines is 1. The maximum absolute atomic E-state index is 13.5. The molecule has 10 heteroatoms. The van der Waals surface area contributed by atoms with Crippen molar-refractivity contribution in [3.05, 3.63) is 34.6 Å². The average molecular weight is 467 g/mol. The van der Waals surface area contributed by atoms with Gasteiger partial charge in [-0.2, -0.15) is 10.1 Å². The van der Waals surface area contributed by atoms with Crippen LogP contribution in [-0.4, -0.2) is 50.2 Å². The molecule has 5 rings (SSSR count). The minimum Gasteiger partial charge on any atom is -0.329 e. The Morgan fingerprint density at radius 3 is 2.94 bits per heavy atom. The highest BCUT2D eigenvalue weighted by Crippen LogP contribution is 2.33. The molecule has 2 N–H and O–H groups in total. The smallest absolute Gasteiger partial charge is 0.251 e. The Hall–Kier alpha value is -3.01. The fraction of sp³-hybridized carbons (Fsp3) is 0.522. The normalized spacial score (nSPS) is 17.6. The van der Waals surface area contributed by atoms with Gasteiger partial charge in [0.05, 0.1) is 5.69 Å². The molecule has 0 spiro atoms. The van der Waals surface area contributed by atoms with Crippen LogP contribution in [0.4, 0.5) is 22.7 Å². The Balaban J connectivity index is 1.44. The lowest BCUT2D eigenvalue weighted by Gasteiger charge is -2.29. The molecular formula is C23H30N8OS. The molecule has 1 fully saturated rings. The van der Waals surface area contributed by atoms with E-state index in [0.29, 0.717) is 18.4 Å². The molecule has 0 aromatic carbocycles. The molecule has 1 atom stereocenters. The number of likely N-dealkylation sites (N-methyl/N-ethyl adjacent to an activating group) is 1. The van der Waals surface area contributed by atoms with Crippen molar-refractivity contribution in [3.8, 4) is 0 Å². The van der Waals surface area contributed by atoms with Gasteiger partial charge < -0.3 is 10.2 Å². The number of rotatable bonds is 7. The third kappa shape index (κ3) is 4.19. The second-order valence-corrected chi connectivity index (χ2v) is 9.76. The molecule has 1 saturated heterocycles. The highest BCUT2D eigenvalue weighted by Gasteiger charge is 2.37. The Labute approximate surface area is 197 Å². The number of carbonyl (C=O) groups excluding carboxylic acids is 1. The van der Waals surface area contributed by atoms with Crippen LogP contribution < -0.4 is 15.1 Å². The summed E-state index contributed by atoms with van der Waals surface area (Å²) < 4.78 is 0. The zero-order valence-corrected chi connectivity index (χ0v) is 20.2. The number of hydrogen-bond acceptors (Lipinski definition) is 8. The van der Waals surface area contributed by atoms with Crippen molar-refractivity contribution >= 4 is 40.0 Å². The molecule has 3 aromatic heterocycles. The first-order valence-corrected chi connectivity index (χ1v) is 12.6. The van der Waals surface area contributed by atoms with Crippen molar-refractivity contribution < 1.29 is 4.79 Å². The Bertz CT molecular complexity index is 1130. The molecule has 1 aliphatic heterocycles. The van der Waals surface area contributed by atoms with E-state index in [1.807, 2.05) is 18.4 Å².